The van der Waals surface area contributed by atoms with Crippen LogP contribution in [0.1, 0.15) is 51.3 Å². The van der Waals surface area contributed by atoms with E-state index < -0.39 is 163 Å². The van der Waals surface area contributed by atoms with Gasteiger partial charge in [0.1, 0.15) is 48.3 Å². The SMILES string of the molecule is CC(C)[C@H](NC(=O)[C@@H](NC(=O)[C@H](CO)NC(=O)[C@H](CC(N)=O)NC(=O)[C@H](CS)NC(=O)[C@@H](N)Cc1ccccc1)[C@@H](C)O)C(=O)N[C@@H](CS)C(=O)N[C@@H](CCC(=O)O)C(=O)N[C@@H](Cc1cnc[nH]1)C(=O)O. The number of imidazole rings is 1. The summed E-state index contributed by atoms with van der Waals surface area (Å²) in [5, 5.41) is 57.8. The predicted octanol–water partition coefficient (Wildman–Crippen LogP) is -5.89. The number of nitrogens with zero attached hydrogens (tertiary/aromatic N) is 1. The second-order valence-corrected chi connectivity index (χ2v) is 17.1. The topological polar surface area (TPSA) is 446 Å². The van der Waals surface area contributed by atoms with Gasteiger partial charge in [0, 0.05) is 36.2 Å². The molecule has 1 heterocycles. The molecule has 0 fully saturated rings. The van der Waals surface area contributed by atoms with Crippen molar-refractivity contribution < 1.29 is 73.2 Å². The Morgan fingerprint density at radius 2 is 1.11 bits per heavy atom. The lowest BCUT2D eigenvalue weighted by atomic mass is 10.0. The highest BCUT2D eigenvalue weighted by atomic mass is 32.1. The molecule has 0 aliphatic carbocycles. The number of hydrogen-bond acceptors (Lipinski definition) is 17. The minimum atomic E-state index is -1.90. The fourth-order valence-corrected chi connectivity index (χ4v) is 6.89. The highest BCUT2D eigenvalue weighted by molar-refractivity contribution is 7.80. The average Bonchev–Trinajstić information content (AvgIpc) is 3.83. The molecule has 0 aliphatic rings. The Kier molecular flexibility index (Phi) is 25.5. The molecule has 27 nitrogen and oxygen atoms in total. The van der Waals surface area contributed by atoms with Gasteiger partial charge in [0.25, 0.3) is 0 Å². The van der Waals surface area contributed by atoms with Crippen molar-refractivity contribution in [3.8, 4) is 0 Å². The minimum Gasteiger partial charge on any atom is -0.481 e. The number of thiol groups is 2. The molecule has 1 aromatic carbocycles. The Balaban J connectivity index is 2.16. The lowest BCUT2D eigenvalue weighted by Gasteiger charge is -2.29. The number of aromatic nitrogens is 2. The zero-order chi connectivity index (χ0) is 53.5. The van der Waals surface area contributed by atoms with E-state index in [1.165, 1.54) is 26.4 Å². The van der Waals surface area contributed by atoms with E-state index in [9.17, 15) is 73.2 Å². The zero-order valence-electron chi connectivity index (χ0n) is 38.8. The van der Waals surface area contributed by atoms with Gasteiger partial charge in [0.2, 0.25) is 53.2 Å². The molecule has 1 aromatic heterocycles. The number of aliphatic carboxylic acids is 2. The molecule has 10 atom stereocenters. The van der Waals surface area contributed by atoms with Crippen LogP contribution in [0.15, 0.2) is 42.9 Å². The van der Waals surface area contributed by atoms with Crippen LogP contribution in [0.3, 0.4) is 0 Å². The van der Waals surface area contributed by atoms with Gasteiger partial charge < -0.3 is 79.4 Å². The van der Waals surface area contributed by atoms with Gasteiger partial charge in [-0.2, -0.15) is 25.3 Å². The van der Waals surface area contributed by atoms with E-state index in [0.29, 0.717) is 5.69 Å². The van der Waals surface area contributed by atoms with E-state index in [1.54, 1.807) is 30.3 Å². The third kappa shape index (κ3) is 20.6. The number of hydrogen-bond donors (Lipinski definition) is 17. The first-order valence-electron chi connectivity index (χ1n) is 21.9. The summed E-state index contributed by atoms with van der Waals surface area (Å²) >= 11 is 8.20. The van der Waals surface area contributed by atoms with Crippen molar-refractivity contribution in [1.82, 2.24) is 52.5 Å². The maximum absolute atomic E-state index is 13.6. The smallest absolute Gasteiger partial charge is 0.326 e. The zero-order valence-corrected chi connectivity index (χ0v) is 40.6. The first-order valence-corrected chi connectivity index (χ1v) is 23.1. The monoisotopic (exact) mass is 1040 g/mol. The van der Waals surface area contributed by atoms with E-state index in [-0.39, 0.29) is 18.6 Å². The lowest BCUT2D eigenvalue weighted by Crippen LogP contribution is -2.63. The normalized spacial score (nSPS) is 15.3. The summed E-state index contributed by atoms with van der Waals surface area (Å²) in [6.45, 7) is 2.92. The minimum absolute atomic E-state index is 0.118. The van der Waals surface area contributed by atoms with E-state index in [2.05, 4.69) is 77.8 Å². The van der Waals surface area contributed by atoms with Crippen LogP contribution in [0.4, 0.5) is 0 Å². The first kappa shape index (κ1) is 60.3. The van der Waals surface area contributed by atoms with Gasteiger partial charge in [-0.3, -0.25) is 47.9 Å². The Hall–Kier alpha value is -6.82. The third-order valence-electron chi connectivity index (χ3n) is 10.3. The molecule has 29 heteroatoms. The van der Waals surface area contributed by atoms with Gasteiger partial charge in [-0.05, 0) is 31.2 Å². The highest BCUT2D eigenvalue weighted by Crippen LogP contribution is 2.09. The van der Waals surface area contributed by atoms with Gasteiger partial charge in [0.15, 0.2) is 0 Å². The van der Waals surface area contributed by atoms with Crippen LogP contribution >= 0.6 is 25.3 Å². The summed E-state index contributed by atoms with van der Waals surface area (Å²) in [5.74, 6) is -13.9. The van der Waals surface area contributed by atoms with Crippen LogP contribution in [-0.2, 0) is 65.6 Å². The summed E-state index contributed by atoms with van der Waals surface area (Å²) < 4.78 is 0. The number of carboxylic acid groups (broad SMARTS) is 2. The number of aromatic amines is 1. The summed E-state index contributed by atoms with van der Waals surface area (Å²) in [7, 11) is 0. The van der Waals surface area contributed by atoms with E-state index in [0.717, 1.165) is 12.5 Å². The van der Waals surface area contributed by atoms with Crippen molar-refractivity contribution >= 4 is 90.4 Å². The molecule has 71 heavy (non-hydrogen) atoms. The van der Waals surface area contributed by atoms with Crippen LogP contribution < -0.4 is 54.0 Å². The number of rotatable bonds is 31. The molecule has 0 radical (unpaired) electrons. The van der Waals surface area contributed by atoms with Crippen LogP contribution in [-0.4, -0.2) is 174 Å². The fraction of sp³-hybridized carbons (Fsp3) is 0.524. The third-order valence-corrected chi connectivity index (χ3v) is 11.0. The van der Waals surface area contributed by atoms with Crippen LogP contribution in [0.5, 0.6) is 0 Å². The summed E-state index contributed by atoms with van der Waals surface area (Å²) in [6, 6.07) is -5.45. The molecule has 2 aromatic rings. The van der Waals surface area contributed by atoms with Gasteiger partial charge in [-0.1, -0.05) is 44.2 Å². The van der Waals surface area contributed by atoms with Crippen LogP contribution in [0.25, 0.3) is 0 Å². The number of carboxylic acids is 2. The number of aliphatic hydroxyl groups excluding tert-OH is 2. The Morgan fingerprint density at radius 3 is 1.61 bits per heavy atom. The quantitative estimate of drug-likeness (QED) is 0.0313. The number of nitrogens with one attached hydrogen (secondary N) is 9. The number of amides is 9. The molecule has 0 unspecified atom stereocenters. The molecule has 0 aliphatic heterocycles. The number of benzene rings is 1. The van der Waals surface area contributed by atoms with Crippen molar-refractivity contribution in [1.29, 1.82) is 0 Å². The molecule has 0 bridgehead atoms. The first-order chi connectivity index (χ1) is 33.4. The van der Waals surface area contributed by atoms with E-state index >= 15 is 0 Å². The van der Waals surface area contributed by atoms with Crippen molar-refractivity contribution in [3.63, 3.8) is 0 Å². The molecular weight excluding hydrogens is 977 g/mol. The predicted molar refractivity (Wildman–Crippen MR) is 255 cm³/mol. The van der Waals surface area contributed by atoms with Gasteiger partial charge in [-0.15, -0.1) is 0 Å². The van der Waals surface area contributed by atoms with Gasteiger partial charge in [-0.25, -0.2) is 9.78 Å². The van der Waals surface area contributed by atoms with E-state index in [4.69, 9.17) is 11.5 Å². The maximum atomic E-state index is 13.6. The second-order valence-electron chi connectivity index (χ2n) is 16.4. The number of primary amides is 1. The lowest BCUT2D eigenvalue weighted by molar-refractivity contribution is -0.143. The second kappa shape index (κ2) is 30.0. The summed E-state index contributed by atoms with van der Waals surface area (Å²) in [6.07, 6.45) is -1.18. The van der Waals surface area contributed by atoms with Crippen molar-refractivity contribution in [3.05, 3.63) is 54.1 Å². The number of aliphatic hydroxyl groups is 2. The largest absolute Gasteiger partial charge is 0.481 e. The fourth-order valence-electron chi connectivity index (χ4n) is 6.37. The van der Waals surface area contributed by atoms with E-state index in [1.807, 2.05) is 0 Å². The molecule has 0 spiro atoms. The molecule has 17 N–H and O–H groups in total. The van der Waals surface area contributed by atoms with Crippen molar-refractivity contribution in [2.75, 3.05) is 18.1 Å². The van der Waals surface area contributed by atoms with Crippen molar-refractivity contribution in [2.45, 2.75) is 113 Å². The number of carbonyl (C=O) groups is 11. The Labute approximate surface area is 417 Å². The van der Waals surface area contributed by atoms with Gasteiger partial charge >= 0.3 is 11.9 Å². The Bertz CT molecular complexity index is 2170. The molecule has 2 rings (SSSR count). The average molecular weight is 1040 g/mol. The molecular formula is C42H62N12O15S2. The number of nitrogens with two attached hydrogens (primary N) is 2. The molecule has 0 saturated heterocycles. The maximum Gasteiger partial charge on any atom is 0.326 e. The van der Waals surface area contributed by atoms with Gasteiger partial charge in [0.05, 0.1) is 31.5 Å². The van der Waals surface area contributed by atoms with Crippen LogP contribution in [0, 0.1) is 5.92 Å². The van der Waals surface area contributed by atoms with Crippen molar-refractivity contribution in [2.24, 2.45) is 17.4 Å². The Morgan fingerprint density at radius 1 is 0.634 bits per heavy atom. The standard InChI is InChI=1S/C42H62N12O15S2/c1-19(2)32(40(66)52-29(17-71)38(64)47-24(9-10-31(58)59)35(61)49-26(42(68)69)12-22-14-45-18-46-22)53-41(67)33(20(3)56)54-37(63)27(15-55)50-36(62)25(13-30(44)57)48-39(65)28(16-70)51-34(60)23(43)11-21-7-5-4-6-8-21/h4-8,14,18-20,23-29,32-33,55-56,70-71H,9-13,15-17,43H2,1-3H3,(H2,44,57)(H,45,46)(H,47,64)(H,48,65)(H,49,61)(H,50,62)(H,51,60)(H,52,66)(H,53,67)(H,54,63)(H,58,59)(H,68,69)/t20-,23+,24+,25+,26+,27+,28+,29+,32+,33+/m1/s1. The number of carbonyl (C=O) groups excluding carboxylic acids is 9. The number of H-pyrrole nitrogens is 1. The molecule has 0 saturated carbocycles. The molecule has 9 amide bonds. The highest BCUT2D eigenvalue weighted by Gasteiger charge is 2.37. The molecule has 392 valence electrons. The summed E-state index contributed by atoms with van der Waals surface area (Å²) in [5.41, 5.74) is 12.4. The van der Waals surface area contributed by atoms with Crippen LogP contribution in [0.2, 0.25) is 0 Å². The summed E-state index contributed by atoms with van der Waals surface area (Å²) in [4.78, 5) is 148.